The van der Waals surface area contributed by atoms with E-state index >= 15 is 0 Å². The maximum atomic E-state index is 10.2. The van der Waals surface area contributed by atoms with Crippen LogP contribution in [-0.2, 0) is 4.43 Å². The van der Waals surface area contributed by atoms with Gasteiger partial charge in [-0.3, -0.25) is 0 Å². The summed E-state index contributed by atoms with van der Waals surface area (Å²) >= 11 is 0. The van der Waals surface area contributed by atoms with Crippen molar-refractivity contribution in [3.63, 3.8) is 0 Å². The molecule has 2 rings (SSSR count). The van der Waals surface area contributed by atoms with Crippen molar-refractivity contribution in [2.24, 2.45) is 22.2 Å². The molecule has 2 fully saturated rings. The monoisotopic (exact) mass is 384 g/mol. The van der Waals surface area contributed by atoms with E-state index in [2.05, 4.69) is 61.6 Å². The van der Waals surface area contributed by atoms with Crippen molar-refractivity contribution < 1.29 is 14.6 Å². The Kier molecular flexibility index (Phi) is 5.90. The molecule has 26 heavy (non-hydrogen) atoms. The second-order valence-corrected chi connectivity index (χ2v) is 16.5. The summed E-state index contributed by atoms with van der Waals surface area (Å²) in [4.78, 5) is 0. The molecule has 3 nitrogen and oxygen atoms in total. The normalized spacial score (nSPS) is 38.9. The summed E-state index contributed by atoms with van der Waals surface area (Å²) in [5.74, 6) is 0.514. The van der Waals surface area contributed by atoms with E-state index in [1.807, 2.05) is 0 Å². The Balaban J connectivity index is 2.37. The summed E-state index contributed by atoms with van der Waals surface area (Å²) in [6, 6.07) is 0. The summed E-state index contributed by atoms with van der Waals surface area (Å²) in [5.41, 5.74) is 0.367. The van der Waals surface area contributed by atoms with Crippen LogP contribution in [0.15, 0.2) is 0 Å². The molecule has 0 amide bonds. The molecular formula is C22H44O3Si. The number of hydrogen-bond donors (Lipinski definition) is 2. The van der Waals surface area contributed by atoms with Crippen molar-refractivity contribution in [3.05, 3.63) is 0 Å². The summed E-state index contributed by atoms with van der Waals surface area (Å²) < 4.78 is 6.99. The second-order valence-electron chi connectivity index (χ2n) is 11.8. The molecule has 0 aromatic carbocycles. The van der Waals surface area contributed by atoms with Crippen LogP contribution in [0.1, 0.15) is 80.6 Å². The van der Waals surface area contributed by atoms with Crippen LogP contribution in [0, 0.1) is 22.2 Å². The van der Waals surface area contributed by atoms with Gasteiger partial charge in [0.2, 0.25) is 0 Å². The molecule has 0 aromatic heterocycles. The van der Waals surface area contributed by atoms with Gasteiger partial charge < -0.3 is 14.6 Å². The minimum absolute atomic E-state index is 0.0405. The van der Waals surface area contributed by atoms with Crippen LogP contribution < -0.4 is 0 Å². The number of aliphatic hydroxyl groups excluding tert-OH is 2. The second kappa shape index (κ2) is 6.86. The average Bonchev–Trinajstić information content (AvgIpc) is 2.56. The van der Waals surface area contributed by atoms with Gasteiger partial charge in [0.05, 0.1) is 12.7 Å². The first-order chi connectivity index (χ1) is 11.6. The van der Waals surface area contributed by atoms with Crippen molar-refractivity contribution in [2.45, 2.75) is 111 Å². The van der Waals surface area contributed by atoms with Gasteiger partial charge in [0, 0.05) is 6.10 Å². The number of fused-ring (bicyclic) bond motifs is 2. The maximum Gasteiger partial charge on any atom is 0.192 e. The molecule has 2 bridgehead atoms. The third kappa shape index (κ3) is 3.44. The van der Waals surface area contributed by atoms with Crippen LogP contribution in [0.3, 0.4) is 0 Å². The van der Waals surface area contributed by atoms with Crippen LogP contribution in [0.25, 0.3) is 0 Å². The lowest BCUT2D eigenvalue weighted by atomic mass is 9.55. The van der Waals surface area contributed by atoms with Crippen LogP contribution in [0.2, 0.25) is 18.1 Å². The maximum absolute atomic E-state index is 10.2. The van der Waals surface area contributed by atoms with E-state index in [1.165, 1.54) is 12.8 Å². The molecule has 154 valence electrons. The SMILES string of the molecule is CC1(C)[C@H]2C[C@@](C)(C[C@@H](O)CO)[C@]1(C)CCC[C@H]2O[Si](C)(C)C(C)(C)C. The van der Waals surface area contributed by atoms with Gasteiger partial charge in [0.25, 0.3) is 0 Å². The Morgan fingerprint density at radius 2 is 1.73 bits per heavy atom. The average molecular weight is 385 g/mol. The van der Waals surface area contributed by atoms with E-state index in [-0.39, 0.29) is 27.9 Å². The molecule has 5 atom stereocenters. The third-order valence-corrected chi connectivity index (χ3v) is 13.6. The zero-order chi connectivity index (χ0) is 20.2. The van der Waals surface area contributed by atoms with Gasteiger partial charge in [-0.05, 0) is 66.0 Å². The van der Waals surface area contributed by atoms with Gasteiger partial charge in [0.1, 0.15) is 0 Å². The Morgan fingerprint density at radius 1 is 1.15 bits per heavy atom. The smallest absolute Gasteiger partial charge is 0.192 e. The molecule has 2 aliphatic rings. The predicted molar refractivity (Wildman–Crippen MR) is 112 cm³/mol. The minimum Gasteiger partial charge on any atom is -0.414 e. The van der Waals surface area contributed by atoms with E-state index in [0.29, 0.717) is 18.4 Å². The summed E-state index contributed by atoms with van der Waals surface area (Å²) in [7, 11) is -1.82. The first-order valence-corrected chi connectivity index (χ1v) is 13.5. The fraction of sp³-hybridized carbons (Fsp3) is 1.00. The van der Waals surface area contributed by atoms with E-state index < -0.39 is 14.4 Å². The summed E-state index contributed by atoms with van der Waals surface area (Å²) in [6.45, 7) is 21.2. The predicted octanol–water partition coefficient (Wildman–Crippen LogP) is 5.36. The quantitative estimate of drug-likeness (QED) is 0.627. The van der Waals surface area contributed by atoms with Gasteiger partial charge in [-0.25, -0.2) is 0 Å². The van der Waals surface area contributed by atoms with Gasteiger partial charge in [-0.15, -0.1) is 0 Å². The fourth-order valence-electron chi connectivity index (χ4n) is 5.82. The van der Waals surface area contributed by atoms with Gasteiger partial charge in [0.15, 0.2) is 8.32 Å². The molecule has 0 radical (unpaired) electrons. The van der Waals surface area contributed by atoms with E-state index in [9.17, 15) is 10.2 Å². The molecule has 2 N–H and O–H groups in total. The van der Waals surface area contributed by atoms with Crippen molar-refractivity contribution in [1.82, 2.24) is 0 Å². The molecule has 0 unspecified atom stereocenters. The Bertz CT molecular complexity index is 510. The molecule has 2 saturated carbocycles. The lowest BCUT2D eigenvalue weighted by molar-refractivity contribution is -0.0393. The first kappa shape index (κ1) is 22.4. The van der Waals surface area contributed by atoms with E-state index in [1.54, 1.807) is 0 Å². The fourth-order valence-corrected chi connectivity index (χ4v) is 7.21. The highest BCUT2D eigenvalue weighted by Crippen LogP contribution is 2.71. The number of rotatable bonds is 5. The van der Waals surface area contributed by atoms with Crippen molar-refractivity contribution in [1.29, 1.82) is 0 Å². The van der Waals surface area contributed by atoms with Crippen LogP contribution >= 0.6 is 0 Å². The Morgan fingerprint density at radius 3 is 2.23 bits per heavy atom. The van der Waals surface area contributed by atoms with E-state index in [4.69, 9.17) is 4.43 Å². The molecule has 0 spiro atoms. The molecule has 0 heterocycles. The molecular weight excluding hydrogens is 340 g/mol. The highest BCUT2D eigenvalue weighted by molar-refractivity contribution is 6.74. The molecule has 4 heteroatoms. The molecule has 0 saturated heterocycles. The standard InChI is InChI=1S/C22H44O3Si/c1-19(2,3)26(8,9)25-18-11-10-12-22(7)20(4,5)17(18)14-21(22,6)13-16(24)15-23/h16-18,23-24H,10-15H2,1-9H3/t16-,17+,18-,21-,22-/m1/s1. The minimum atomic E-state index is -1.82. The van der Waals surface area contributed by atoms with Gasteiger partial charge in [-0.2, -0.15) is 0 Å². The molecule has 2 aliphatic carbocycles. The first-order valence-electron chi connectivity index (χ1n) is 10.6. The Hall–Kier alpha value is 0.0969. The highest BCUT2D eigenvalue weighted by Gasteiger charge is 2.65. The zero-order valence-corrected chi connectivity index (χ0v) is 19.8. The zero-order valence-electron chi connectivity index (χ0n) is 18.8. The largest absolute Gasteiger partial charge is 0.414 e. The summed E-state index contributed by atoms with van der Waals surface area (Å²) in [5, 5.41) is 19.9. The van der Waals surface area contributed by atoms with E-state index in [0.717, 1.165) is 12.8 Å². The Labute approximate surface area is 163 Å². The number of hydrogen-bond acceptors (Lipinski definition) is 3. The highest BCUT2D eigenvalue weighted by atomic mass is 28.4. The van der Waals surface area contributed by atoms with Gasteiger partial charge >= 0.3 is 0 Å². The van der Waals surface area contributed by atoms with Crippen molar-refractivity contribution >= 4 is 8.32 Å². The van der Waals surface area contributed by atoms with Crippen molar-refractivity contribution in [2.75, 3.05) is 6.61 Å². The van der Waals surface area contributed by atoms with Crippen molar-refractivity contribution in [3.8, 4) is 0 Å². The lowest BCUT2D eigenvalue weighted by Gasteiger charge is -2.50. The van der Waals surface area contributed by atoms with Crippen LogP contribution in [-0.4, -0.2) is 37.3 Å². The summed E-state index contributed by atoms with van der Waals surface area (Å²) in [6.07, 6.45) is 5.02. The molecule has 0 aliphatic heterocycles. The van der Waals surface area contributed by atoms with Gasteiger partial charge in [-0.1, -0.05) is 54.9 Å². The van der Waals surface area contributed by atoms with Crippen LogP contribution in [0.5, 0.6) is 0 Å². The number of aliphatic hydroxyl groups is 2. The third-order valence-electron chi connectivity index (χ3n) is 9.11. The topological polar surface area (TPSA) is 49.7 Å². The lowest BCUT2D eigenvalue weighted by Crippen LogP contribution is -2.47. The van der Waals surface area contributed by atoms with Crippen LogP contribution in [0.4, 0.5) is 0 Å². The molecule has 0 aromatic rings.